The van der Waals surface area contributed by atoms with Gasteiger partial charge in [0.2, 0.25) is 5.91 Å². The highest BCUT2D eigenvalue weighted by Gasteiger charge is 2.29. The lowest BCUT2D eigenvalue weighted by molar-refractivity contribution is -0.122. The monoisotopic (exact) mass is 304 g/mol. The molecule has 122 valence electrons. The van der Waals surface area contributed by atoms with Crippen LogP contribution in [0.3, 0.4) is 0 Å². The van der Waals surface area contributed by atoms with Gasteiger partial charge in [-0.15, -0.1) is 0 Å². The highest BCUT2D eigenvalue weighted by molar-refractivity contribution is 5.78. The van der Waals surface area contributed by atoms with Crippen LogP contribution in [0, 0.1) is 5.92 Å². The molecule has 0 spiro atoms. The Hall–Kier alpha value is -1.55. The van der Waals surface area contributed by atoms with Crippen molar-refractivity contribution in [3.63, 3.8) is 0 Å². The number of nitrogens with zero attached hydrogens (tertiary/aromatic N) is 1. The largest absolute Gasteiger partial charge is 0.492 e. The van der Waals surface area contributed by atoms with E-state index in [0.717, 1.165) is 18.7 Å². The first-order valence-corrected chi connectivity index (χ1v) is 8.33. The second-order valence-corrected chi connectivity index (χ2v) is 6.40. The highest BCUT2D eigenvalue weighted by Crippen LogP contribution is 2.27. The summed E-state index contributed by atoms with van der Waals surface area (Å²) in [6.45, 7) is 7.05. The molecule has 0 aliphatic heterocycles. The van der Waals surface area contributed by atoms with Gasteiger partial charge in [0, 0.05) is 6.04 Å². The Morgan fingerprint density at radius 1 is 1.32 bits per heavy atom. The van der Waals surface area contributed by atoms with E-state index in [-0.39, 0.29) is 5.91 Å². The predicted octanol–water partition coefficient (Wildman–Crippen LogP) is 2.69. The van der Waals surface area contributed by atoms with Gasteiger partial charge in [-0.05, 0) is 43.9 Å². The van der Waals surface area contributed by atoms with Crippen molar-refractivity contribution in [2.75, 3.05) is 26.2 Å². The van der Waals surface area contributed by atoms with Gasteiger partial charge in [-0.25, -0.2) is 0 Å². The van der Waals surface area contributed by atoms with Crippen molar-refractivity contribution >= 4 is 5.91 Å². The third-order valence-electron chi connectivity index (χ3n) is 3.84. The number of carbonyl (C=O) groups is 1. The average Bonchev–Trinajstić information content (AvgIpc) is 3.33. The topological polar surface area (TPSA) is 41.6 Å². The number of para-hydroxylation sites is 1. The zero-order chi connectivity index (χ0) is 15.8. The predicted molar refractivity (Wildman–Crippen MR) is 89.0 cm³/mol. The summed E-state index contributed by atoms with van der Waals surface area (Å²) in [7, 11) is 0. The van der Waals surface area contributed by atoms with Crippen LogP contribution in [0.2, 0.25) is 0 Å². The van der Waals surface area contributed by atoms with Gasteiger partial charge in [0.1, 0.15) is 12.4 Å². The summed E-state index contributed by atoms with van der Waals surface area (Å²) in [5.74, 6) is 1.63. The van der Waals surface area contributed by atoms with Crippen LogP contribution in [-0.4, -0.2) is 43.1 Å². The standard InChI is InChI=1S/C18H28N2O2/c1-15(2)10-12-20(16-8-9-16)14-18(21)19-11-13-22-17-6-4-3-5-7-17/h3-7,15-16H,8-14H2,1-2H3,(H,19,21). The molecule has 0 aromatic heterocycles. The van der Waals surface area contributed by atoms with Gasteiger partial charge in [0.15, 0.2) is 0 Å². The van der Waals surface area contributed by atoms with Crippen LogP contribution in [0.1, 0.15) is 33.1 Å². The molecule has 0 bridgehead atoms. The summed E-state index contributed by atoms with van der Waals surface area (Å²) in [5, 5.41) is 2.95. The zero-order valence-corrected chi connectivity index (χ0v) is 13.8. The van der Waals surface area contributed by atoms with Gasteiger partial charge in [-0.3, -0.25) is 9.69 Å². The van der Waals surface area contributed by atoms with E-state index in [1.807, 2.05) is 30.3 Å². The molecule has 1 aliphatic rings. The van der Waals surface area contributed by atoms with Crippen LogP contribution < -0.4 is 10.1 Å². The number of ether oxygens (including phenoxy) is 1. The molecule has 1 aliphatic carbocycles. The van der Waals surface area contributed by atoms with Crippen LogP contribution in [0.25, 0.3) is 0 Å². The number of benzene rings is 1. The number of hydrogen-bond donors (Lipinski definition) is 1. The van der Waals surface area contributed by atoms with Crippen molar-refractivity contribution in [3.8, 4) is 5.75 Å². The van der Waals surface area contributed by atoms with E-state index < -0.39 is 0 Å². The maximum atomic E-state index is 12.0. The summed E-state index contributed by atoms with van der Waals surface area (Å²) < 4.78 is 5.57. The lowest BCUT2D eigenvalue weighted by atomic mass is 10.1. The minimum atomic E-state index is 0.104. The van der Waals surface area contributed by atoms with E-state index in [0.29, 0.717) is 31.7 Å². The van der Waals surface area contributed by atoms with Crippen molar-refractivity contribution in [2.24, 2.45) is 5.92 Å². The molecule has 0 saturated heterocycles. The normalized spacial score (nSPS) is 14.4. The van der Waals surface area contributed by atoms with E-state index in [9.17, 15) is 4.79 Å². The van der Waals surface area contributed by atoms with Crippen molar-refractivity contribution in [3.05, 3.63) is 30.3 Å². The third kappa shape index (κ3) is 6.48. The van der Waals surface area contributed by atoms with Crippen LogP contribution in [-0.2, 0) is 4.79 Å². The Balaban J connectivity index is 1.61. The summed E-state index contributed by atoms with van der Waals surface area (Å²) in [6.07, 6.45) is 3.63. The Morgan fingerprint density at radius 2 is 2.05 bits per heavy atom. The van der Waals surface area contributed by atoms with E-state index >= 15 is 0 Å². The molecule has 1 N–H and O–H groups in total. The molecular weight excluding hydrogens is 276 g/mol. The summed E-state index contributed by atoms with van der Waals surface area (Å²) in [5.41, 5.74) is 0. The van der Waals surface area contributed by atoms with Gasteiger partial charge in [-0.2, -0.15) is 0 Å². The van der Waals surface area contributed by atoms with Crippen molar-refractivity contribution < 1.29 is 9.53 Å². The number of rotatable bonds is 10. The van der Waals surface area contributed by atoms with Crippen molar-refractivity contribution in [1.82, 2.24) is 10.2 Å². The van der Waals surface area contributed by atoms with Gasteiger partial charge in [0.05, 0.1) is 13.1 Å². The molecule has 1 aromatic rings. The highest BCUT2D eigenvalue weighted by atomic mass is 16.5. The second-order valence-electron chi connectivity index (χ2n) is 6.40. The zero-order valence-electron chi connectivity index (χ0n) is 13.8. The third-order valence-corrected chi connectivity index (χ3v) is 3.84. The first kappa shape index (κ1) is 16.8. The van der Waals surface area contributed by atoms with Gasteiger partial charge >= 0.3 is 0 Å². The first-order valence-electron chi connectivity index (χ1n) is 8.33. The second kappa shape index (κ2) is 8.79. The fourth-order valence-electron chi connectivity index (χ4n) is 2.37. The number of nitrogens with one attached hydrogen (secondary N) is 1. The number of carbonyl (C=O) groups excluding carboxylic acids is 1. The molecule has 0 unspecified atom stereocenters. The Bertz CT molecular complexity index is 444. The smallest absolute Gasteiger partial charge is 0.234 e. The number of amides is 1. The van der Waals surface area contributed by atoms with E-state index in [4.69, 9.17) is 4.74 Å². The molecule has 1 amide bonds. The van der Waals surface area contributed by atoms with Crippen LogP contribution in [0.5, 0.6) is 5.75 Å². The minimum Gasteiger partial charge on any atom is -0.492 e. The lowest BCUT2D eigenvalue weighted by Gasteiger charge is -2.22. The molecule has 4 nitrogen and oxygen atoms in total. The maximum Gasteiger partial charge on any atom is 0.234 e. The summed E-state index contributed by atoms with van der Waals surface area (Å²) >= 11 is 0. The Labute approximate surface area is 133 Å². The van der Waals surface area contributed by atoms with Crippen molar-refractivity contribution in [2.45, 2.75) is 39.2 Å². The molecule has 2 rings (SSSR count). The molecule has 1 saturated carbocycles. The van der Waals surface area contributed by atoms with Crippen LogP contribution in [0.4, 0.5) is 0 Å². The average molecular weight is 304 g/mol. The summed E-state index contributed by atoms with van der Waals surface area (Å²) in [6, 6.07) is 10.3. The Kier molecular flexibility index (Phi) is 6.72. The van der Waals surface area contributed by atoms with E-state index in [1.54, 1.807) is 0 Å². The fourth-order valence-corrected chi connectivity index (χ4v) is 2.37. The van der Waals surface area contributed by atoms with Crippen molar-refractivity contribution in [1.29, 1.82) is 0 Å². The molecule has 1 aromatic carbocycles. The van der Waals surface area contributed by atoms with Gasteiger partial charge < -0.3 is 10.1 Å². The lowest BCUT2D eigenvalue weighted by Crippen LogP contribution is -2.40. The fraction of sp³-hybridized carbons (Fsp3) is 0.611. The van der Waals surface area contributed by atoms with Gasteiger partial charge in [0.25, 0.3) is 0 Å². The van der Waals surface area contributed by atoms with Gasteiger partial charge in [-0.1, -0.05) is 32.0 Å². The number of hydrogen-bond acceptors (Lipinski definition) is 3. The van der Waals surface area contributed by atoms with Crippen LogP contribution in [0.15, 0.2) is 30.3 Å². The first-order chi connectivity index (χ1) is 10.6. The molecule has 0 radical (unpaired) electrons. The quantitative estimate of drug-likeness (QED) is 0.676. The molecule has 0 heterocycles. The molecular formula is C18H28N2O2. The van der Waals surface area contributed by atoms with E-state index in [1.165, 1.54) is 12.8 Å². The van der Waals surface area contributed by atoms with Crippen LogP contribution >= 0.6 is 0 Å². The molecule has 4 heteroatoms. The molecule has 22 heavy (non-hydrogen) atoms. The summed E-state index contributed by atoms with van der Waals surface area (Å²) in [4.78, 5) is 14.4. The van der Waals surface area contributed by atoms with E-state index in [2.05, 4.69) is 24.1 Å². The maximum absolute atomic E-state index is 12.0. The molecule has 0 atom stereocenters. The SMILES string of the molecule is CC(C)CCN(CC(=O)NCCOc1ccccc1)C1CC1. The molecule has 1 fully saturated rings. The minimum absolute atomic E-state index is 0.104. The Morgan fingerprint density at radius 3 is 2.68 bits per heavy atom.